The number of nitrogens with zero attached hydrogens (tertiary/aromatic N) is 4. The van der Waals surface area contributed by atoms with E-state index in [2.05, 4.69) is 41.3 Å². The Hall–Kier alpha value is -3.34. The van der Waals surface area contributed by atoms with Crippen LogP contribution in [0.25, 0.3) is 10.8 Å². The van der Waals surface area contributed by atoms with E-state index >= 15 is 0 Å². The van der Waals surface area contributed by atoms with Crippen LogP contribution in [0.3, 0.4) is 0 Å². The van der Waals surface area contributed by atoms with E-state index in [1.165, 1.54) is 0 Å². The number of H-pyrrole nitrogens is 1. The Labute approximate surface area is 205 Å². The normalized spacial score (nSPS) is 14.3. The molecule has 1 fully saturated rings. The molecule has 1 aliphatic heterocycles. The lowest BCUT2D eigenvalue weighted by Gasteiger charge is -2.37. The van der Waals surface area contributed by atoms with E-state index in [0.29, 0.717) is 58.8 Å². The molecule has 34 heavy (non-hydrogen) atoms. The third-order valence-electron chi connectivity index (χ3n) is 5.35. The van der Waals surface area contributed by atoms with Crippen molar-refractivity contribution in [1.29, 1.82) is 0 Å². The number of methoxy groups -OCH3 is 1. The fraction of sp³-hybridized carbons (Fsp3) is 0.391. The number of pyridine rings is 1. The van der Waals surface area contributed by atoms with Gasteiger partial charge in [-0.25, -0.2) is 14.9 Å². The van der Waals surface area contributed by atoms with E-state index in [1.807, 2.05) is 39.0 Å². The molecule has 10 nitrogen and oxygen atoms in total. The SMILES string of the molecule is COc1cc(N2CCN(C(=O)OC(C)(C)C)CC2)ccc1Nc1nc(Br)cc2cn[nH]c(=O)c12. The number of anilines is 3. The fourth-order valence-electron chi connectivity index (χ4n) is 3.76. The summed E-state index contributed by atoms with van der Waals surface area (Å²) in [6, 6.07) is 7.52. The molecule has 0 radical (unpaired) electrons. The molecule has 0 unspecified atom stereocenters. The minimum absolute atomic E-state index is 0.289. The molecule has 1 amide bonds. The first-order chi connectivity index (χ1) is 16.1. The molecule has 0 saturated carbocycles. The average Bonchev–Trinajstić information content (AvgIpc) is 2.78. The van der Waals surface area contributed by atoms with E-state index in [9.17, 15) is 9.59 Å². The maximum atomic E-state index is 12.4. The highest BCUT2D eigenvalue weighted by Gasteiger charge is 2.26. The van der Waals surface area contributed by atoms with E-state index in [-0.39, 0.29) is 11.7 Å². The van der Waals surface area contributed by atoms with Crippen LogP contribution in [-0.4, -0.2) is 65.1 Å². The molecule has 1 aromatic carbocycles. The van der Waals surface area contributed by atoms with Gasteiger partial charge >= 0.3 is 6.09 Å². The fourth-order valence-corrected chi connectivity index (χ4v) is 4.18. The molecular weight excluding hydrogens is 504 g/mol. The third-order valence-corrected chi connectivity index (χ3v) is 5.76. The summed E-state index contributed by atoms with van der Waals surface area (Å²) in [5, 5.41) is 10.6. The number of carbonyl (C=O) groups is 1. The Kier molecular flexibility index (Phi) is 6.65. The van der Waals surface area contributed by atoms with Gasteiger partial charge in [-0.2, -0.15) is 5.10 Å². The summed E-state index contributed by atoms with van der Waals surface area (Å²) in [5.41, 5.74) is 0.793. The standard InChI is InChI=1S/C23H27BrN6O4/c1-23(2,3)34-22(32)30-9-7-29(8-10-30)15-5-6-16(17(12-15)33-4)26-20-19-14(11-18(24)27-20)13-25-28-21(19)31/h5-6,11-13H,7-10H2,1-4H3,(H,26,27)(H,28,31). The van der Waals surface area contributed by atoms with Crippen molar-refractivity contribution in [1.82, 2.24) is 20.1 Å². The number of rotatable bonds is 4. The average molecular weight is 531 g/mol. The van der Waals surface area contributed by atoms with E-state index in [0.717, 1.165) is 5.69 Å². The minimum Gasteiger partial charge on any atom is -0.494 e. The van der Waals surface area contributed by atoms with Gasteiger partial charge in [-0.3, -0.25) is 4.79 Å². The molecule has 0 spiro atoms. The largest absolute Gasteiger partial charge is 0.494 e. The molecule has 11 heteroatoms. The summed E-state index contributed by atoms with van der Waals surface area (Å²) >= 11 is 3.39. The Balaban J connectivity index is 1.52. The minimum atomic E-state index is -0.514. The Morgan fingerprint density at radius 2 is 1.91 bits per heavy atom. The second-order valence-electron chi connectivity index (χ2n) is 8.92. The number of hydrogen-bond donors (Lipinski definition) is 2. The number of benzene rings is 1. The van der Waals surface area contributed by atoms with Gasteiger partial charge in [0.1, 0.15) is 21.8 Å². The zero-order valence-electron chi connectivity index (χ0n) is 19.5. The number of ether oxygens (including phenoxy) is 2. The van der Waals surface area contributed by atoms with Gasteiger partial charge in [0.25, 0.3) is 5.56 Å². The molecule has 2 N–H and O–H groups in total. The predicted octanol–water partition coefficient (Wildman–Crippen LogP) is 3.89. The number of halogens is 1. The van der Waals surface area contributed by atoms with Crippen LogP contribution in [-0.2, 0) is 4.74 Å². The molecule has 2 aromatic heterocycles. The van der Waals surface area contributed by atoms with Gasteiger partial charge < -0.3 is 24.6 Å². The van der Waals surface area contributed by atoms with Gasteiger partial charge in [0.15, 0.2) is 0 Å². The lowest BCUT2D eigenvalue weighted by Crippen LogP contribution is -2.50. The molecule has 0 atom stereocenters. The van der Waals surface area contributed by atoms with E-state index < -0.39 is 5.60 Å². The summed E-state index contributed by atoms with van der Waals surface area (Å²) < 4.78 is 11.7. The van der Waals surface area contributed by atoms with Crippen LogP contribution >= 0.6 is 15.9 Å². The number of amides is 1. The van der Waals surface area contributed by atoms with Crippen molar-refractivity contribution < 1.29 is 14.3 Å². The van der Waals surface area contributed by atoms with Gasteiger partial charge in [-0.05, 0) is 54.9 Å². The first-order valence-electron chi connectivity index (χ1n) is 10.9. The smallest absolute Gasteiger partial charge is 0.410 e. The lowest BCUT2D eigenvalue weighted by molar-refractivity contribution is 0.0240. The summed E-state index contributed by atoms with van der Waals surface area (Å²) in [7, 11) is 1.59. The highest BCUT2D eigenvalue weighted by molar-refractivity contribution is 9.10. The summed E-state index contributed by atoms with van der Waals surface area (Å²) in [6.07, 6.45) is 1.29. The summed E-state index contributed by atoms with van der Waals surface area (Å²) in [4.78, 5) is 33.1. The van der Waals surface area contributed by atoms with E-state index in [4.69, 9.17) is 9.47 Å². The van der Waals surface area contributed by atoms with Crippen molar-refractivity contribution in [2.24, 2.45) is 0 Å². The van der Waals surface area contributed by atoms with Crippen LogP contribution < -0.4 is 20.5 Å². The van der Waals surface area contributed by atoms with Crippen molar-refractivity contribution in [2.45, 2.75) is 26.4 Å². The molecule has 1 aliphatic rings. The van der Waals surface area contributed by atoms with Crippen LogP contribution in [0.15, 0.2) is 39.9 Å². The summed E-state index contributed by atoms with van der Waals surface area (Å²) in [5.74, 6) is 0.998. The number of carbonyl (C=O) groups excluding carboxylic acids is 1. The van der Waals surface area contributed by atoms with Gasteiger partial charge in [0.05, 0.1) is 24.4 Å². The summed E-state index contributed by atoms with van der Waals surface area (Å²) in [6.45, 7) is 8.09. The highest BCUT2D eigenvalue weighted by Crippen LogP contribution is 2.34. The Bertz CT molecular complexity index is 1260. The van der Waals surface area contributed by atoms with Crippen LogP contribution in [0.5, 0.6) is 5.75 Å². The molecule has 3 aromatic rings. The van der Waals surface area contributed by atoms with Crippen LogP contribution in [0.1, 0.15) is 20.8 Å². The Morgan fingerprint density at radius 3 is 2.59 bits per heavy atom. The van der Waals surface area contributed by atoms with Crippen molar-refractivity contribution in [3.8, 4) is 5.75 Å². The van der Waals surface area contributed by atoms with Crippen LogP contribution in [0.2, 0.25) is 0 Å². The molecule has 0 aliphatic carbocycles. The maximum Gasteiger partial charge on any atom is 0.410 e. The van der Waals surface area contributed by atoms with Gasteiger partial charge in [0, 0.05) is 43.3 Å². The monoisotopic (exact) mass is 530 g/mol. The second-order valence-corrected chi connectivity index (χ2v) is 9.73. The molecule has 3 heterocycles. The van der Waals surface area contributed by atoms with Gasteiger partial charge in [-0.1, -0.05) is 0 Å². The van der Waals surface area contributed by atoms with Crippen LogP contribution in [0, 0.1) is 0 Å². The quantitative estimate of drug-likeness (QED) is 0.488. The lowest BCUT2D eigenvalue weighted by atomic mass is 10.2. The first-order valence-corrected chi connectivity index (χ1v) is 11.7. The number of aromatic amines is 1. The zero-order chi connectivity index (χ0) is 24.5. The van der Waals surface area contributed by atoms with Gasteiger partial charge in [-0.15, -0.1) is 0 Å². The van der Waals surface area contributed by atoms with Crippen LogP contribution in [0.4, 0.5) is 22.0 Å². The third kappa shape index (κ3) is 5.24. The number of hydrogen-bond acceptors (Lipinski definition) is 8. The molecule has 180 valence electrons. The Morgan fingerprint density at radius 1 is 1.18 bits per heavy atom. The number of nitrogens with one attached hydrogen (secondary N) is 2. The zero-order valence-corrected chi connectivity index (χ0v) is 21.1. The van der Waals surface area contributed by atoms with E-state index in [1.54, 1.807) is 24.3 Å². The second kappa shape index (κ2) is 9.49. The van der Waals surface area contributed by atoms with Crippen molar-refractivity contribution in [2.75, 3.05) is 43.5 Å². The van der Waals surface area contributed by atoms with Gasteiger partial charge in [0.2, 0.25) is 0 Å². The molecular formula is C23H27BrN6O4. The van der Waals surface area contributed by atoms with Crippen molar-refractivity contribution in [3.63, 3.8) is 0 Å². The molecule has 0 bridgehead atoms. The van der Waals surface area contributed by atoms with Crippen molar-refractivity contribution in [3.05, 3.63) is 45.4 Å². The van der Waals surface area contributed by atoms with Crippen molar-refractivity contribution >= 4 is 50.0 Å². The number of piperazine rings is 1. The molecule has 4 rings (SSSR count). The predicted molar refractivity (Wildman–Crippen MR) is 134 cm³/mol. The highest BCUT2D eigenvalue weighted by atomic mass is 79.9. The number of fused-ring (bicyclic) bond motifs is 1. The topological polar surface area (TPSA) is 113 Å². The number of aromatic nitrogens is 3. The first kappa shape index (κ1) is 23.8. The molecule has 1 saturated heterocycles. The maximum absolute atomic E-state index is 12.4.